The quantitative estimate of drug-likeness (QED) is 0.608. The van der Waals surface area contributed by atoms with E-state index in [4.69, 9.17) is 11.6 Å². The summed E-state index contributed by atoms with van der Waals surface area (Å²) in [6.45, 7) is 2.46. The van der Waals surface area contributed by atoms with Crippen LogP contribution in [0.15, 0.2) is 17.1 Å². The maximum atomic E-state index is 12.5. The first-order valence-electron chi connectivity index (χ1n) is 9.16. The van der Waals surface area contributed by atoms with Crippen molar-refractivity contribution >= 4 is 34.8 Å². The number of thiophene rings is 1. The van der Waals surface area contributed by atoms with Gasteiger partial charge in [-0.15, -0.1) is 11.3 Å². The highest BCUT2D eigenvalue weighted by Gasteiger charge is 2.32. The van der Waals surface area contributed by atoms with Crippen molar-refractivity contribution in [3.63, 3.8) is 0 Å². The minimum Gasteiger partial charge on any atom is -0.356 e. The monoisotopic (exact) mass is 382 g/mol. The van der Waals surface area contributed by atoms with Gasteiger partial charge < -0.3 is 15.5 Å². The molecule has 1 aliphatic heterocycles. The first kappa shape index (κ1) is 18.5. The van der Waals surface area contributed by atoms with E-state index < -0.39 is 0 Å². The average Bonchev–Trinajstić information content (AvgIpc) is 3.35. The van der Waals surface area contributed by atoms with Crippen LogP contribution >= 0.6 is 22.9 Å². The second-order valence-corrected chi connectivity index (χ2v) is 8.65. The lowest BCUT2D eigenvalue weighted by atomic mass is 10.1. The lowest BCUT2D eigenvalue weighted by molar-refractivity contribution is -0.134. The summed E-state index contributed by atoms with van der Waals surface area (Å²) in [5.74, 6) is 1.44. The molecule has 5 nitrogen and oxygen atoms in total. The van der Waals surface area contributed by atoms with Gasteiger partial charge in [0.25, 0.3) is 0 Å². The maximum Gasteiger partial charge on any atom is 0.225 e. The van der Waals surface area contributed by atoms with Gasteiger partial charge >= 0.3 is 0 Å². The van der Waals surface area contributed by atoms with Crippen LogP contribution in [-0.2, 0) is 11.2 Å². The molecule has 2 aliphatic rings. The average molecular weight is 383 g/mol. The summed E-state index contributed by atoms with van der Waals surface area (Å²) in [5, 5.41) is 6.81. The topological polar surface area (TPSA) is 56.7 Å². The summed E-state index contributed by atoms with van der Waals surface area (Å²) in [7, 11) is 1.79. The van der Waals surface area contributed by atoms with Gasteiger partial charge in [-0.2, -0.15) is 0 Å². The predicted molar refractivity (Wildman–Crippen MR) is 104 cm³/mol. The number of hydrogen-bond acceptors (Lipinski definition) is 3. The molecular weight excluding hydrogens is 356 g/mol. The number of carbonyl (C=O) groups is 1. The molecule has 1 aromatic heterocycles. The number of likely N-dealkylation sites (tertiary alicyclic amines) is 1. The molecule has 25 heavy (non-hydrogen) atoms. The van der Waals surface area contributed by atoms with E-state index >= 15 is 0 Å². The molecule has 2 N–H and O–H groups in total. The molecule has 0 aromatic carbocycles. The molecule has 3 rings (SSSR count). The van der Waals surface area contributed by atoms with Crippen molar-refractivity contribution in [3.05, 3.63) is 21.3 Å². The highest BCUT2D eigenvalue weighted by molar-refractivity contribution is 7.16. The number of rotatable bonds is 5. The summed E-state index contributed by atoms with van der Waals surface area (Å²) < 4.78 is 0.829. The Balaban J connectivity index is 1.40. The Morgan fingerprint density at radius 1 is 1.36 bits per heavy atom. The van der Waals surface area contributed by atoms with Crippen molar-refractivity contribution in [2.45, 2.75) is 44.6 Å². The van der Waals surface area contributed by atoms with Gasteiger partial charge in [-0.05, 0) is 37.8 Å². The van der Waals surface area contributed by atoms with Crippen LogP contribution in [0.2, 0.25) is 4.34 Å². The number of guanidine groups is 1. The van der Waals surface area contributed by atoms with Gasteiger partial charge in [0.15, 0.2) is 5.96 Å². The molecule has 2 fully saturated rings. The SMILES string of the molecule is CN=C(NCCc1ccc(Cl)s1)NC1CCN(C(=O)C2CCCC2)C1. The van der Waals surface area contributed by atoms with Crippen molar-refractivity contribution in [2.24, 2.45) is 10.9 Å². The van der Waals surface area contributed by atoms with Crippen LogP contribution in [0.25, 0.3) is 0 Å². The van der Waals surface area contributed by atoms with Crippen LogP contribution in [0.5, 0.6) is 0 Å². The number of halogens is 1. The van der Waals surface area contributed by atoms with Crippen molar-refractivity contribution in [1.82, 2.24) is 15.5 Å². The van der Waals surface area contributed by atoms with Crippen molar-refractivity contribution < 1.29 is 4.79 Å². The molecular formula is C18H27ClN4OS. The molecule has 1 saturated heterocycles. The van der Waals surface area contributed by atoms with E-state index in [1.165, 1.54) is 17.7 Å². The molecule has 0 bridgehead atoms. The fourth-order valence-electron chi connectivity index (χ4n) is 3.69. The molecule has 138 valence electrons. The fourth-order valence-corrected chi connectivity index (χ4v) is 4.77. The van der Waals surface area contributed by atoms with Gasteiger partial charge in [0, 0.05) is 43.5 Å². The molecule has 0 spiro atoms. The number of carbonyl (C=O) groups excluding carboxylic acids is 1. The summed E-state index contributed by atoms with van der Waals surface area (Å²) in [6.07, 6.45) is 6.47. The second kappa shape index (κ2) is 8.90. The van der Waals surface area contributed by atoms with Gasteiger partial charge in [0.05, 0.1) is 4.34 Å². The summed E-state index contributed by atoms with van der Waals surface area (Å²) in [5.41, 5.74) is 0. The summed E-state index contributed by atoms with van der Waals surface area (Å²) >= 11 is 7.57. The second-order valence-electron chi connectivity index (χ2n) is 6.85. The van der Waals surface area contributed by atoms with Crippen LogP contribution in [0.1, 0.15) is 37.0 Å². The number of nitrogens with one attached hydrogen (secondary N) is 2. The van der Waals surface area contributed by atoms with E-state index in [1.54, 1.807) is 18.4 Å². The highest BCUT2D eigenvalue weighted by atomic mass is 35.5. The first-order valence-corrected chi connectivity index (χ1v) is 10.4. The van der Waals surface area contributed by atoms with E-state index in [1.807, 2.05) is 11.0 Å². The Labute approximate surface area is 158 Å². The van der Waals surface area contributed by atoms with Crippen LogP contribution in [-0.4, -0.2) is 49.5 Å². The van der Waals surface area contributed by atoms with Crippen molar-refractivity contribution in [1.29, 1.82) is 0 Å². The summed E-state index contributed by atoms with van der Waals surface area (Å²) in [4.78, 5) is 20.1. The zero-order valence-corrected chi connectivity index (χ0v) is 16.3. The number of nitrogens with zero attached hydrogens (tertiary/aromatic N) is 2. The predicted octanol–water partition coefficient (Wildman–Crippen LogP) is 2.90. The maximum absolute atomic E-state index is 12.5. The molecule has 1 aromatic rings. The van der Waals surface area contributed by atoms with E-state index in [0.29, 0.717) is 5.91 Å². The van der Waals surface area contributed by atoms with Gasteiger partial charge in [-0.1, -0.05) is 24.4 Å². The Morgan fingerprint density at radius 3 is 2.84 bits per heavy atom. The summed E-state index contributed by atoms with van der Waals surface area (Å²) in [6, 6.07) is 4.28. The Hall–Kier alpha value is -1.27. The fraction of sp³-hybridized carbons (Fsp3) is 0.667. The minimum atomic E-state index is 0.272. The van der Waals surface area contributed by atoms with Crippen LogP contribution in [0, 0.1) is 5.92 Å². The number of aliphatic imine (C=N–C) groups is 1. The third-order valence-electron chi connectivity index (χ3n) is 5.06. The molecule has 1 atom stereocenters. The Bertz CT molecular complexity index is 612. The van der Waals surface area contributed by atoms with E-state index in [9.17, 15) is 4.79 Å². The van der Waals surface area contributed by atoms with E-state index in [-0.39, 0.29) is 12.0 Å². The van der Waals surface area contributed by atoms with Gasteiger partial charge in [-0.25, -0.2) is 0 Å². The van der Waals surface area contributed by atoms with Gasteiger partial charge in [0.2, 0.25) is 5.91 Å². The van der Waals surface area contributed by atoms with E-state index in [0.717, 1.165) is 55.6 Å². The molecule has 1 amide bonds. The molecule has 1 saturated carbocycles. The van der Waals surface area contributed by atoms with Crippen molar-refractivity contribution in [2.75, 3.05) is 26.7 Å². The molecule has 1 unspecified atom stereocenters. The lowest BCUT2D eigenvalue weighted by Gasteiger charge is -2.21. The number of amides is 1. The molecule has 2 heterocycles. The molecule has 0 radical (unpaired) electrons. The third kappa shape index (κ3) is 5.11. The first-order chi connectivity index (χ1) is 12.2. The van der Waals surface area contributed by atoms with Crippen LogP contribution < -0.4 is 10.6 Å². The highest BCUT2D eigenvalue weighted by Crippen LogP contribution is 2.27. The smallest absolute Gasteiger partial charge is 0.225 e. The Morgan fingerprint density at radius 2 is 2.16 bits per heavy atom. The largest absolute Gasteiger partial charge is 0.356 e. The van der Waals surface area contributed by atoms with Gasteiger partial charge in [0.1, 0.15) is 0 Å². The number of hydrogen-bond donors (Lipinski definition) is 2. The van der Waals surface area contributed by atoms with Gasteiger partial charge in [-0.3, -0.25) is 9.79 Å². The third-order valence-corrected chi connectivity index (χ3v) is 6.35. The lowest BCUT2D eigenvalue weighted by Crippen LogP contribution is -2.45. The standard InChI is InChI=1S/C18H27ClN4OS/c1-20-18(21-10-8-15-6-7-16(19)25-15)22-14-9-11-23(12-14)17(24)13-4-2-3-5-13/h6-7,13-14H,2-5,8-12H2,1H3,(H2,20,21,22). The zero-order valence-electron chi connectivity index (χ0n) is 14.8. The van der Waals surface area contributed by atoms with Crippen LogP contribution in [0.4, 0.5) is 0 Å². The molecule has 7 heteroatoms. The van der Waals surface area contributed by atoms with E-state index in [2.05, 4.69) is 21.7 Å². The minimum absolute atomic E-state index is 0.272. The van der Waals surface area contributed by atoms with Crippen molar-refractivity contribution in [3.8, 4) is 0 Å². The molecule has 1 aliphatic carbocycles. The van der Waals surface area contributed by atoms with Crippen LogP contribution in [0.3, 0.4) is 0 Å². The Kier molecular flexibility index (Phi) is 6.59. The normalized spacial score (nSPS) is 21.8. The zero-order chi connectivity index (χ0) is 17.6.